The number of aryl methyl sites for hydroxylation is 1. The number of nitrogens with one attached hydrogen (secondary N) is 1. The molecule has 0 saturated heterocycles. The number of benzene rings is 2. The second-order valence-electron chi connectivity index (χ2n) is 7.24. The van der Waals surface area contributed by atoms with Crippen molar-refractivity contribution in [3.05, 3.63) is 80.5 Å². The average Bonchev–Trinajstić information content (AvgIpc) is 2.80. The van der Waals surface area contributed by atoms with Crippen molar-refractivity contribution < 1.29 is 46.5 Å². The van der Waals surface area contributed by atoms with Crippen LogP contribution < -0.4 is 15.6 Å². The third-order valence-electron chi connectivity index (χ3n) is 4.60. The smallest absolute Gasteiger partial charge is 0.419 e. The molecule has 3 aromatic rings. The number of anilines is 1. The number of aromatic nitrogens is 2. The number of carbonyl (C=O) groups is 3. The normalized spacial score (nSPS) is 11.1. The van der Waals surface area contributed by atoms with Crippen molar-refractivity contribution in [1.82, 2.24) is 9.78 Å². The molecule has 0 aliphatic heterocycles. The van der Waals surface area contributed by atoms with Gasteiger partial charge in [-0.2, -0.15) is 23.0 Å². The molecule has 1 amide bonds. The lowest BCUT2D eigenvalue weighted by Gasteiger charge is -2.17. The van der Waals surface area contributed by atoms with Gasteiger partial charge in [-0.15, -0.1) is 0 Å². The maximum absolute atomic E-state index is 13.4. The van der Waals surface area contributed by atoms with Gasteiger partial charge < -0.3 is 19.9 Å². The predicted molar refractivity (Wildman–Crippen MR) is 118 cm³/mol. The second-order valence-corrected chi connectivity index (χ2v) is 7.65. The van der Waals surface area contributed by atoms with E-state index in [9.17, 15) is 36.7 Å². The van der Waals surface area contributed by atoms with Gasteiger partial charge in [0.05, 0.1) is 28.0 Å². The van der Waals surface area contributed by atoms with Crippen molar-refractivity contribution >= 4 is 35.1 Å². The third-order valence-corrected chi connectivity index (χ3v) is 4.91. The van der Waals surface area contributed by atoms with Gasteiger partial charge in [-0.3, -0.25) is 9.59 Å². The predicted octanol–water partition coefficient (Wildman–Crippen LogP) is 3.99. The Morgan fingerprint density at radius 3 is 2.43 bits per heavy atom. The fraction of sp³-hybridized carbons (Fsp3) is 0.136. The summed E-state index contributed by atoms with van der Waals surface area (Å²) in [6.07, 6.45) is -3.95. The van der Waals surface area contributed by atoms with Gasteiger partial charge in [0.25, 0.3) is 11.5 Å². The lowest BCUT2D eigenvalue weighted by molar-refractivity contribution is -0.166. The number of carboxylic acid groups (broad SMARTS) is 1. The molecule has 0 unspecified atom stereocenters. The van der Waals surface area contributed by atoms with E-state index in [1.165, 1.54) is 6.92 Å². The van der Waals surface area contributed by atoms with Crippen LogP contribution in [0.25, 0.3) is 0 Å². The standard InChI is InChI=1S/C22H14ClF4N3O7/c1-10-4-11(24)2-3-16(10)37-17-7-14(22(25,26)27)15(23)6-13(17)19(32)29-12-5-18(31)30(28-8-12)9-36-21(35)20(33)34/h2-8H,9H2,1H3,(H,29,32)(H,33,34). The maximum Gasteiger partial charge on any atom is 0.419 e. The molecule has 0 saturated carbocycles. The second kappa shape index (κ2) is 10.7. The number of aliphatic carboxylic acids is 1. The molecule has 1 aromatic heterocycles. The number of halogens is 5. The van der Waals surface area contributed by atoms with Crippen LogP contribution in [0.4, 0.5) is 23.2 Å². The first-order chi connectivity index (χ1) is 17.3. The third kappa shape index (κ3) is 6.61. The van der Waals surface area contributed by atoms with Gasteiger partial charge in [0.15, 0.2) is 6.73 Å². The van der Waals surface area contributed by atoms with Gasteiger partial charge in [-0.05, 0) is 42.8 Å². The van der Waals surface area contributed by atoms with Crippen molar-refractivity contribution in [1.29, 1.82) is 0 Å². The molecule has 0 radical (unpaired) electrons. The molecular formula is C22H14ClF4N3O7. The van der Waals surface area contributed by atoms with E-state index < -0.39 is 64.0 Å². The molecule has 0 aliphatic carbocycles. The molecule has 2 aromatic carbocycles. The summed E-state index contributed by atoms with van der Waals surface area (Å²) >= 11 is 5.76. The Hall–Kier alpha value is -4.46. The number of esters is 1. The Kier molecular flexibility index (Phi) is 7.81. The first kappa shape index (κ1) is 27.1. The van der Waals surface area contributed by atoms with Crippen LogP contribution in [0.15, 0.2) is 47.4 Å². The van der Waals surface area contributed by atoms with E-state index in [0.717, 1.165) is 30.5 Å². The topological polar surface area (TPSA) is 137 Å². The lowest BCUT2D eigenvalue weighted by Crippen LogP contribution is -2.27. The number of ether oxygens (including phenoxy) is 2. The number of carboxylic acids is 1. The van der Waals surface area contributed by atoms with Crippen molar-refractivity contribution in [2.24, 2.45) is 0 Å². The molecular weight excluding hydrogens is 530 g/mol. The summed E-state index contributed by atoms with van der Waals surface area (Å²) in [5.74, 6) is -5.77. The molecule has 0 bridgehead atoms. The van der Waals surface area contributed by atoms with Crippen LogP contribution >= 0.6 is 11.6 Å². The minimum Gasteiger partial charge on any atom is -0.473 e. The Morgan fingerprint density at radius 1 is 1.14 bits per heavy atom. The van der Waals surface area contributed by atoms with Crippen molar-refractivity contribution in [3.63, 3.8) is 0 Å². The Labute approximate surface area is 209 Å². The highest BCUT2D eigenvalue weighted by molar-refractivity contribution is 6.32. The zero-order valence-electron chi connectivity index (χ0n) is 18.4. The minimum absolute atomic E-state index is 0.0360. The highest BCUT2D eigenvalue weighted by Crippen LogP contribution is 2.40. The van der Waals surface area contributed by atoms with Crippen molar-refractivity contribution in [2.75, 3.05) is 5.32 Å². The van der Waals surface area contributed by atoms with Gasteiger partial charge in [0.2, 0.25) is 0 Å². The summed E-state index contributed by atoms with van der Waals surface area (Å²) in [6.45, 7) is 0.606. The monoisotopic (exact) mass is 543 g/mol. The summed E-state index contributed by atoms with van der Waals surface area (Å²) in [6, 6.07) is 5.30. The van der Waals surface area contributed by atoms with E-state index in [1.807, 2.05) is 0 Å². The van der Waals surface area contributed by atoms with E-state index >= 15 is 0 Å². The average molecular weight is 544 g/mol. The maximum atomic E-state index is 13.4. The zero-order valence-corrected chi connectivity index (χ0v) is 19.2. The number of alkyl halides is 3. The van der Waals surface area contributed by atoms with E-state index in [1.54, 1.807) is 0 Å². The van der Waals surface area contributed by atoms with Gasteiger partial charge in [-0.1, -0.05) is 11.6 Å². The van der Waals surface area contributed by atoms with Crippen LogP contribution in [0.3, 0.4) is 0 Å². The molecule has 0 fully saturated rings. The van der Waals surface area contributed by atoms with Gasteiger partial charge in [-0.25, -0.2) is 14.0 Å². The SMILES string of the molecule is Cc1cc(F)ccc1Oc1cc(C(F)(F)F)c(Cl)cc1C(=O)Nc1cnn(COC(=O)C(=O)O)c(=O)c1. The zero-order chi connectivity index (χ0) is 27.5. The highest BCUT2D eigenvalue weighted by atomic mass is 35.5. The fourth-order valence-electron chi connectivity index (χ4n) is 2.86. The Bertz CT molecular complexity index is 1460. The van der Waals surface area contributed by atoms with Crippen molar-refractivity contribution in [3.8, 4) is 11.5 Å². The van der Waals surface area contributed by atoms with Crippen LogP contribution in [-0.4, -0.2) is 32.7 Å². The molecule has 2 N–H and O–H groups in total. The molecule has 0 aliphatic rings. The molecule has 0 spiro atoms. The minimum atomic E-state index is -4.89. The molecule has 194 valence electrons. The van der Waals surface area contributed by atoms with Crippen LogP contribution in [0.1, 0.15) is 21.5 Å². The molecule has 1 heterocycles. The van der Waals surface area contributed by atoms with Gasteiger partial charge in [0.1, 0.15) is 17.3 Å². The molecule has 37 heavy (non-hydrogen) atoms. The first-order valence-corrected chi connectivity index (χ1v) is 10.3. The van der Waals surface area contributed by atoms with E-state index in [4.69, 9.17) is 21.4 Å². The first-order valence-electron chi connectivity index (χ1n) is 9.89. The van der Waals surface area contributed by atoms with Crippen LogP contribution in [0.2, 0.25) is 5.02 Å². The van der Waals surface area contributed by atoms with Crippen molar-refractivity contribution in [2.45, 2.75) is 19.8 Å². The number of nitrogens with zero attached hydrogens (tertiary/aromatic N) is 2. The Balaban J connectivity index is 1.93. The lowest BCUT2D eigenvalue weighted by atomic mass is 10.1. The fourth-order valence-corrected chi connectivity index (χ4v) is 3.13. The van der Waals surface area contributed by atoms with E-state index in [-0.39, 0.29) is 17.0 Å². The summed E-state index contributed by atoms with van der Waals surface area (Å²) in [5.41, 5.74) is -2.65. The number of hydrogen-bond acceptors (Lipinski definition) is 7. The van der Waals surface area contributed by atoms with Gasteiger partial charge >= 0.3 is 18.1 Å². The van der Waals surface area contributed by atoms with Crippen LogP contribution in [-0.2, 0) is 27.2 Å². The summed E-state index contributed by atoms with van der Waals surface area (Å²) in [7, 11) is 0. The summed E-state index contributed by atoms with van der Waals surface area (Å²) in [4.78, 5) is 46.5. The molecule has 0 atom stereocenters. The van der Waals surface area contributed by atoms with Crippen LogP contribution in [0, 0.1) is 12.7 Å². The van der Waals surface area contributed by atoms with E-state index in [0.29, 0.717) is 16.8 Å². The molecule has 3 rings (SSSR count). The van der Waals surface area contributed by atoms with Crippen LogP contribution in [0.5, 0.6) is 11.5 Å². The van der Waals surface area contributed by atoms with E-state index in [2.05, 4.69) is 15.2 Å². The largest absolute Gasteiger partial charge is 0.473 e. The molecule has 15 heteroatoms. The number of carbonyl (C=O) groups excluding carboxylic acids is 2. The number of hydrogen-bond donors (Lipinski definition) is 2. The Morgan fingerprint density at radius 2 is 1.84 bits per heavy atom. The highest BCUT2D eigenvalue weighted by Gasteiger charge is 2.35. The van der Waals surface area contributed by atoms with Gasteiger partial charge in [0, 0.05) is 6.07 Å². The summed E-state index contributed by atoms with van der Waals surface area (Å²) < 4.78 is 64.1. The number of amides is 1. The quantitative estimate of drug-likeness (QED) is 0.270. The summed E-state index contributed by atoms with van der Waals surface area (Å²) in [5, 5.41) is 13.5. The number of rotatable bonds is 6. The molecule has 10 nitrogen and oxygen atoms in total.